The quantitative estimate of drug-likeness (QED) is 0.741. The van der Waals surface area contributed by atoms with Gasteiger partial charge < -0.3 is 9.15 Å². The number of para-hydroxylation sites is 1. The van der Waals surface area contributed by atoms with E-state index in [0.717, 1.165) is 30.5 Å². The zero-order valence-corrected chi connectivity index (χ0v) is 12.6. The average molecular weight is 314 g/mol. The first kappa shape index (κ1) is 14.1. The molecule has 0 aliphatic heterocycles. The van der Waals surface area contributed by atoms with Gasteiger partial charge in [-0.25, -0.2) is 9.07 Å². The molecule has 0 spiro atoms. The molecule has 4 rings (SSSR count). The standard InChI is InChI=1S/C16H15FN4O2/c1-22-9-14-18-19-16(23-14)15-10-5-4-8-12(10)21(20-15)13-7-3-2-6-11(13)17/h2-3,6-7H,4-5,8-9H2,1H3. The maximum Gasteiger partial charge on any atom is 0.268 e. The van der Waals surface area contributed by atoms with E-state index in [2.05, 4.69) is 15.3 Å². The van der Waals surface area contributed by atoms with E-state index in [-0.39, 0.29) is 12.4 Å². The molecule has 0 fully saturated rings. The SMILES string of the molecule is COCc1nnc(-c2nn(-c3ccccc3F)c3c2CCC3)o1. The third-order valence-corrected chi connectivity index (χ3v) is 3.95. The van der Waals surface area contributed by atoms with Crippen LogP contribution in [0.2, 0.25) is 0 Å². The van der Waals surface area contributed by atoms with Crippen molar-refractivity contribution >= 4 is 0 Å². The lowest BCUT2D eigenvalue weighted by molar-refractivity contribution is 0.160. The van der Waals surface area contributed by atoms with Crippen LogP contribution in [0.5, 0.6) is 0 Å². The van der Waals surface area contributed by atoms with Crippen LogP contribution in [0.25, 0.3) is 17.3 Å². The van der Waals surface area contributed by atoms with Crippen molar-refractivity contribution < 1.29 is 13.5 Å². The minimum atomic E-state index is -0.304. The van der Waals surface area contributed by atoms with Gasteiger partial charge in [0.05, 0.1) is 0 Å². The maximum absolute atomic E-state index is 14.1. The molecule has 0 bridgehead atoms. The third-order valence-electron chi connectivity index (χ3n) is 3.95. The van der Waals surface area contributed by atoms with Crippen LogP contribution in [0.1, 0.15) is 23.6 Å². The van der Waals surface area contributed by atoms with E-state index in [9.17, 15) is 4.39 Å². The van der Waals surface area contributed by atoms with E-state index >= 15 is 0 Å². The van der Waals surface area contributed by atoms with Gasteiger partial charge in [0, 0.05) is 18.4 Å². The summed E-state index contributed by atoms with van der Waals surface area (Å²) in [7, 11) is 1.56. The van der Waals surface area contributed by atoms with Gasteiger partial charge >= 0.3 is 0 Å². The van der Waals surface area contributed by atoms with Crippen LogP contribution in [-0.4, -0.2) is 27.1 Å². The van der Waals surface area contributed by atoms with Crippen LogP contribution in [0, 0.1) is 5.82 Å². The lowest BCUT2D eigenvalue weighted by Crippen LogP contribution is -2.03. The lowest BCUT2D eigenvalue weighted by Gasteiger charge is -2.06. The Hall–Kier alpha value is -2.54. The summed E-state index contributed by atoms with van der Waals surface area (Å²) in [4.78, 5) is 0. The molecule has 7 heteroatoms. The van der Waals surface area contributed by atoms with Crippen molar-refractivity contribution in [1.82, 2.24) is 20.0 Å². The van der Waals surface area contributed by atoms with Crippen molar-refractivity contribution in [1.29, 1.82) is 0 Å². The van der Waals surface area contributed by atoms with Crippen LogP contribution in [0.4, 0.5) is 4.39 Å². The number of nitrogens with zero attached hydrogens (tertiary/aromatic N) is 4. The van der Waals surface area contributed by atoms with Crippen molar-refractivity contribution in [3.63, 3.8) is 0 Å². The number of hydrogen-bond donors (Lipinski definition) is 0. The second-order valence-corrected chi connectivity index (χ2v) is 5.42. The van der Waals surface area contributed by atoms with Gasteiger partial charge in [-0.15, -0.1) is 10.2 Å². The van der Waals surface area contributed by atoms with Gasteiger partial charge in [-0.1, -0.05) is 12.1 Å². The number of fused-ring (bicyclic) bond motifs is 1. The molecule has 0 saturated heterocycles. The van der Waals surface area contributed by atoms with Gasteiger partial charge in [0.25, 0.3) is 5.89 Å². The first-order valence-electron chi connectivity index (χ1n) is 7.45. The van der Waals surface area contributed by atoms with E-state index in [0.29, 0.717) is 23.2 Å². The summed E-state index contributed by atoms with van der Waals surface area (Å²) in [5.74, 6) is 0.446. The van der Waals surface area contributed by atoms with Gasteiger partial charge in [-0.2, -0.15) is 5.10 Å². The molecule has 0 unspecified atom stereocenters. The number of aromatic nitrogens is 4. The summed E-state index contributed by atoms with van der Waals surface area (Å²) < 4.78 is 26.4. The zero-order chi connectivity index (χ0) is 15.8. The summed E-state index contributed by atoms with van der Waals surface area (Å²) >= 11 is 0. The fraction of sp³-hybridized carbons (Fsp3) is 0.312. The smallest absolute Gasteiger partial charge is 0.268 e. The molecule has 1 aliphatic carbocycles. The van der Waals surface area contributed by atoms with Gasteiger partial charge in [-0.3, -0.25) is 0 Å². The third kappa shape index (κ3) is 2.33. The Morgan fingerprint density at radius 3 is 2.96 bits per heavy atom. The molecule has 0 radical (unpaired) electrons. The molecular formula is C16H15FN4O2. The second-order valence-electron chi connectivity index (χ2n) is 5.42. The Kier molecular flexibility index (Phi) is 3.42. The minimum absolute atomic E-state index is 0.253. The number of hydrogen-bond acceptors (Lipinski definition) is 5. The van der Waals surface area contributed by atoms with E-state index in [1.54, 1.807) is 30.0 Å². The highest BCUT2D eigenvalue weighted by Gasteiger charge is 2.27. The summed E-state index contributed by atoms with van der Waals surface area (Å²) in [5, 5.41) is 12.5. The van der Waals surface area contributed by atoms with Crippen LogP contribution < -0.4 is 0 Å². The Morgan fingerprint density at radius 2 is 2.13 bits per heavy atom. The monoisotopic (exact) mass is 314 g/mol. The molecule has 0 N–H and O–H groups in total. The van der Waals surface area contributed by atoms with Crippen LogP contribution in [0.3, 0.4) is 0 Å². The van der Waals surface area contributed by atoms with E-state index in [1.165, 1.54) is 6.07 Å². The number of benzene rings is 1. The van der Waals surface area contributed by atoms with E-state index < -0.39 is 0 Å². The second kappa shape index (κ2) is 5.58. The van der Waals surface area contributed by atoms with Crippen molar-refractivity contribution in [2.24, 2.45) is 0 Å². The highest BCUT2D eigenvalue weighted by Crippen LogP contribution is 2.33. The Balaban J connectivity index is 1.83. The van der Waals surface area contributed by atoms with Crippen LogP contribution >= 0.6 is 0 Å². The van der Waals surface area contributed by atoms with Crippen molar-refractivity contribution in [2.45, 2.75) is 25.9 Å². The number of halogens is 1. The molecule has 0 amide bonds. The summed E-state index contributed by atoms with van der Waals surface area (Å²) in [6.45, 7) is 0.253. The topological polar surface area (TPSA) is 66.0 Å². The molecule has 3 aromatic rings. The maximum atomic E-state index is 14.1. The molecule has 118 valence electrons. The summed E-state index contributed by atoms with van der Waals surface area (Å²) in [5.41, 5.74) is 3.14. The predicted molar refractivity (Wildman–Crippen MR) is 79.6 cm³/mol. The first-order chi connectivity index (χ1) is 11.3. The number of ether oxygens (including phenoxy) is 1. The number of rotatable bonds is 4. The molecule has 0 saturated carbocycles. The zero-order valence-electron chi connectivity index (χ0n) is 12.6. The normalized spacial score (nSPS) is 13.5. The minimum Gasteiger partial charge on any atom is -0.417 e. The van der Waals surface area contributed by atoms with Crippen LogP contribution in [0.15, 0.2) is 28.7 Å². The predicted octanol–water partition coefficient (Wildman–Crippen LogP) is 2.70. The molecule has 1 aliphatic rings. The fourth-order valence-corrected chi connectivity index (χ4v) is 2.96. The Bertz CT molecular complexity index is 856. The van der Waals surface area contributed by atoms with Gasteiger partial charge in [0.2, 0.25) is 5.89 Å². The average Bonchev–Trinajstić information content (AvgIpc) is 3.24. The van der Waals surface area contributed by atoms with Gasteiger partial charge in [0.1, 0.15) is 18.1 Å². The largest absolute Gasteiger partial charge is 0.417 e. The molecule has 6 nitrogen and oxygen atoms in total. The first-order valence-corrected chi connectivity index (χ1v) is 7.45. The van der Waals surface area contributed by atoms with Crippen LogP contribution in [-0.2, 0) is 24.2 Å². The van der Waals surface area contributed by atoms with Gasteiger partial charge in [0.15, 0.2) is 5.69 Å². The molecule has 1 aromatic carbocycles. The Morgan fingerprint density at radius 1 is 1.26 bits per heavy atom. The highest BCUT2D eigenvalue weighted by atomic mass is 19.1. The van der Waals surface area contributed by atoms with Crippen molar-refractivity contribution in [2.75, 3.05) is 7.11 Å². The highest BCUT2D eigenvalue weighted by molar-refractivity contribution is 5.57. The number of methoxy groups -OCH3 is 1. The van der Waals surface area contributed by atoms with Crippen molar-refractivity contribution in [3.8, 4) is 17.3 Å². The fourth-order valence-electron chi connectivity index (χ4n) is 2.96. The van der Waals surface area contributed by atoms with E-state index in [4.69, 9.17) is 9.15 Å². The lowest BCUT2D eigenvalue weighted by atomic mass is 10.2. The van der Waals surface area contributed by atoms with Crippen molar-refractivity contribution in [3.05, 3.63) is 47.2 Å². The molecular weight excluding hydrogens is 299 g/mol. The summed E-state index contributed by atoms with van der Waals surface area (Å²) in [6, 6.07) is 6.61. The summed E-state index contributed by atoms with van der Waals surface area (Å²) in [6.07, 6.45) is 2.74. The molecule has 23 heavy (non-hydrogen) atoms. The van der Waals surface area contributed by atoms with E-state index in [1.807, 2.05) is 0 Å². The van der Waals surface area contributed by atoms with Gasteiger partial charge in [-0.05, 0) is 31.4 Å². The molecule has 2 aromatic heterocycles. The molecule has 0 atom stereocenters. The Labute approximate surface area is 131 Å². The molecule has 2 heterocycles.